The second-order valence-corrected chi connectivity index (χ2v) is 3.81. The number of nitro benzene ring substituents is 1. The fourth-order valence-corrected chi connectivity index (χ4v) is 1.49. The number of azide groups is 1. The Morgan fingerprint density at radius 2 is 1.65 bits per heavy atom. The van der Waals surface area contributed by atoms with Crippen LogP contribution in [0.4, 0.5) is 17.1 Å². The molecule has 0 amide bonds. The Kier molecular flexibility index (Phi) is 4.06. The van der Waals surface area contributed by atoms with E-state index in [1.54, 1.807) is 42.6 Å². The van der Waals surface area contributed by atoms with Gasteiger partial charge < -0.3 is 0 Å². The molecular weight excluding hydrogens is 258 g/mol. The van der Waals surface area contributed by atoms with Crippen LogP contribution in [-0.2, 0) is 0 Å². The van der Waals surface area contributed by atoms with Crippen molar-refractivity contribution < 1.29 is 4.92 Å². The van der Waals surface area contributed by atoms with Gasteiger partial charge in [-0.2, -0.15) is 0 Å². The van der Waals surface area contributed by atoms with Crippen molar-refractivity contribution in [3.63, 3.8) is 0 Å². The zero-order valence-electron chi connectivity index (χ0n) is 10.2. The summed E-state index contributed by atoms with van der Waals surface area (Å²) in [5.74, 6) is 0. The average Bonchev–Trinajstić information content (AvgIpc) is 2.47. The second kappa shape index (κ2) is 6.12. The summed E-state index contributed by atoms with van der Waals surface area (Å²) in [5.41, 5.74) is 10.3. The molecule has 0 heterocycles. The molecule has 0 aliphatic carbocycles. The Bertz CT molecular complexity index is 638. The van der Waals surface area contributed by atoms with E-state index in [-0.39, 0.29) is 5.69 Å². The number of hydrogen-bond acceptors (Lipinski definition) is 4. The molecule has 0 fully saturated rings. The van der Waals surface area contributed by atoms with Crippen molar-refractivity contribution in [1.82, 2.24) is 0 Å². The number of nitrogens with zero attached hydrogens (tertiary/aromatic N) is 5. The molecule has 0 atom stereocenters. The van der Waals surface area contributed by atoms with Gasteiger partial charge in [0.2, 0.25) is 0 Å². The van der Waals surface area contributed by atoms with Gasteiger partial charge in [-0.05, 0) is 23.2 Å². The van der Waals surface area contributed by atoms with Gasteiger partial charge in [0.25, 0.3) is 5.69 Å². The van der Waals surface area contributed by atoms with Gasteiger partial charge in [0.15, 0.2) is 0 Å². The van der Waals surface area contributed by atoms with Crippen LogP contribution in [0.2, 0.25) is 0 Å². The highest BCUT2D eigenvalue weighted by Crippen LogP contribution is 2.18. The maximum absolute atomic E-state index is 10.5. The lowest BCUT2D eigenvalue weighted by molar-refractivity contribution is -0.384. The van der Waals surface area contributed by atoms with E-state index < -0.39 is 4.92 Å². The van der Waals surface area contributed by atoms with Crippen LogP contribution in [0.3, 0.4) is 0 Å². The molecular formula is C13H9N5O2. The molecule has 20 heavy (non-hydrogen) atoms. The van der Waals surface area contributed by atoms with E-state index in [0.29, 0.717) is 11.4 Å². The van der Waals surface area contributed by atoms with E-state index in [1.807, 2.05) is 0 Å². The van der Waals surface area contributed by atoms with Crippen molar-refractivity contribution >= 4 is 23.3 Å². The van der Waals surface area contributed by atoms with Crippen LogP contribution in [0.1, 0.15) is 5.56 Å². The zero-order valence-corrected chi connectivity index (χ0v) is 10.2. The molecule has 0 saturated heterocycles. The lowest BCUT2D eigenvalue weighted by atomic mass is 10.2. The van der Waals surface area contributed by atoms with Crippen LogP contribution >= 0.6 is 0 Å². The minimum Gasteiger partial charge on any atom is -0.258 e. The standard InChI is InChI=1S/C13H9N5O2/c14-17-16-12-3-1-10(2-4-12)9-15-11-5-7-13(8-6-11)18(19)20/h1-9H. The molecule has 0 unspecified atom stereocenters. The van der Waals surface area contributed by atoms with Gasteiger partial charge in [-0.15, -0.1) is 0 Å². The molecule has 0 aromatic heterocycles. The molecule has 0 bridgehead atoms. The predicted octanol–water partition coefficient (Wildman–Crippen LogP) is 4.29. The summed E-state index contributed by atoms with van der Waals surface area (Å²) in [7, 11) is 0. The van der Waals surface area contributed by atoms with Crippen LogP contribution < -0.4 is 0 Å². The SMILES string of the molecule is [N-]=[N+]=Nc1ccc(C=Nc2ccc([N+](=O)[O-])cc2)cc1. The first-order chi connectivity index (χ1) is 9.69. The van der Waals surface area contributed by atoms with Crippen molar-refractivity contribution in [2.45, 2.75) is 0 Å². The van der Waals surface area contributed by atoms with Gasteiger partial charge in [0, 0.05) is 28.9 Å². The third kappa shape index (κ3) is 3.41. The zero-order chi connectivity index (χ0) is 14.4. The average molecular weight is 267 g/mol. The third-order valence-electron chi connectivity index (χ3n) is 2.48. The van der Waals surface area contributed by atoms with Gasteiger partial charge in [0.05, 0.1) is 10.6 Å². The van der Waals surface area contributed by atoms with E-state index >= 15 is 0 Å². The first kappa shape index (κ1) is 13.3. The summed E-state index contributed by atoms with van der Waals surface area (Å²) in [4.78, 5) is 16.9. The molecule has 0 aliphatic rings. The maximum atomic E-state index is 10.5. The molecule has 2 rings (SSSR count). The highest BCUT2D eigenvalue weighted by Gasteiger charge is 2.02. The summed E-state index contributed by atoms with van der Waals surface area (Å²) in [6.45, 7) is 0. The molecule has 7 nitrogen and oxygen atoms in total. The second-order valence-electron chi connectivity index (χ2n) is 3.81. The van der Waals surface area contributed by atoms with Crippen LogP contribution in [-0.4, -0.2) is 11.1 Å². The van der Waals surface area contributed by atoms with Gasteiger partial charge in [-0.1, -0.05) is 29.4 Å². The van der Waals surface area contributed by atoms with E-state index in [0.717, 1.165) is 5.56 Å². The highest BCUT2D eigenvalue weighted by molar-refractivity contribution is 5.82. The molecule has 0 N–H and O–H groups in total. The molecule has 0 aliphatic heterocycles. The minimum absolute atomic E-state index is 0.0302. The third-order valence-corrected chi connectivity index (χ3v) is 2.48. The summed E-state index contributed by atoms with van der Waals surface area (Å²) in [6, 6.07) is 12.8. The Hall–Kier alpha value is -3.18. The minimum atomic E-state index is -0.456. The molecule has 98 valence electrons. The molecule has 0 spiro atoms. The van der Waals surface area contributed by atoms with Crippen molar-refractivity contribution in [1.29, 1.82) is 0 Å². The number of hydrogen-bond donors (Lipinski definition) is 0. The van der Waals surface area contributed by atoms with Crippen molar-refractivity contribution in [3.05, 3.63) is 74.7 Å². The van der Waals surface area contributed by atoms with Crippen molar-refractivity contribution in [2.24, 2.45) is 10.1 Å². The topological polar surface area (TPSA) is 104 Å². The Labute approximate surface area is 114 Å². The predicted molar refractivity (Wildman–Crippen MR) is 75.6 cm³/mol. The number of benzene rings is 2. The molecule has 0 saturated carbocycles. The Morgan fingerprint density at radius 1 is 1.05 bits per heavy atom. The van der Waals surface area contributed by atoms with Gasteiger partial charge >= 0.3 is 0 Å². The first-order valence-electron chi connectivity index (χ1n) is 5.63. The smallest absolute Gasteiger partial charge is 0.258 e. The fourth-order valence-electron chi connectivity index (χ4n) is 1.49. The molecule has 0 radical (unpaired) electrons. The van der Waals surface area contributed by atoms with Crippen molar-refractivity contribution in [3.8, 4) is 0 Å². The normalized spacial score (nSPS) is 10.2. The summed E-state index contributed by atoms with van der Waals surface area (Å²) < 4.78 is 0. The molecule has 7 heteroatoms. The number of non-ortho nitro benzene ring substituents is 1. The molecule has 2 aromatic rings. The Balaban J connectivity index is 2.12. The Morgan fingerprint density at radius 3 is 2.20 bits per heavy atom. The van der Waals surface area contributed by atoms with E-state index in [2.05, 4.69) is 15.0 Å². The maximum Gasteiger partial charge on any atom is 0.269 e. The van der Waals surface area contributed by atoms with E-state index in [9.17, 15) is 10.1 Å². The number of aliphatic imine (C=N–C) groups is 1. The summed E-state index contributed by atoms with van der Waals surface area (Å²) in [6.07, 6.45) is 1.63. The number of rotatable bonds is 4. The van der Waals surface area contributed by atoms with Crippen molar-refractivity contribution in [2.75, 3.05) is 0 Å². The monoisotopic (exact) mass is 267 g/mol. The van der Waals surface area contributed by atoms with Crippen LogP contribution in [0.5, 0.6) is 0 Å². The van der Waals surface area contributed by atoms with Crippen LogP contribution in [0.25, 0.3) is 10.4 Å². The van der Waals surface area contributed by atoms with E-state index in [4.69, 9.17) is 5.53 Å². The van der Waals surface area contributed by atoms with Crippen LogP contribution in [0.15, 0.2) is 58.6 Å². The van der Waals surface area contributed by atoms with E-state index in [1.165, 1.54) is 12.1 Å². The number of nitro groups is 1. The van der Waals surface area contributed by atoms with Crippen LogP contribution in [0, 0.1) is 10.1 Å². The van der Waals surface area contributed by atoms with Gasteiger partial charge in [0.1, 0.15) is 0 Å². The highest BCUT2D eigenvalue weighted by atomic mass is 16.6. The lowest BCUT2D eigenvalue weighted by Crippen LogP contribution is -1.85. The first-order valence-corrected chi connectivity index (χ1v) is 5.63. The molecule has 2 aromatic carbocycles. The summed E-state index contributed by atoms with van der Waals surface area (Å²) in [5, 5.41) is 14.0. The quantitative estimate of drug-likeness (QED) is 0.206. The van der Waals surface area contributed by atoms with Gasteiger partial charge in [-0.25, -0.2) is 0 Å². The lowest BCUT2D eigenvalue weighted by Gasteiger charge is -1.95. The fraction of sp³-hybridized carbons (Fsp3) is 0. The van der Waals surface area contributed by atoms with Gasteiger partial charge in [-0.3, -0.25) is 15.1 Å². The largest absolute Gasteiger partial charge is 0.269 e. The summed E-state index contributed by atoms with van der Waals surface area (Å²) >= 11 is 0.